The molecule has 0 spiro atoms. The standard InChI is InChI=1S/C7H10OS/c1-3-5-9-6-7(8)4-2/h2H,3,5-6H2,1H3. The summed E-state index contributed by atoms with van der Waals surface area (Å²) in [5.74, 6) is 3.46. The maximum atomic E-state index is 10.4. The Morgan fingerprint density at radius 3 is 2.89 bits per heavy atom. The Balaban J connectivity index is 3.10. The van der Waals surface area contributed by atoms with E-state index in [0.29, 0.717) is 5.75 Å². The highest BCUT2D eigenvalue weighted by atomic mass is 32.2. The van der Waals surface area contributed by atoms with Crippen molar-refractivity contribution >= 4 is 17.5 Å². The molecule has 0 aliphatic heterocycles. The van der Waals surface area contributed by atoms with Crippen molar-refractivity contribution in [3.8, 4) is 12.3 Å². The first-order valence-electron chi connectivity index (χ1n) is 2.88. The van der Waals surface area contributed by atoms with Crippen molar-refractivity contribution in [1.82, 2.24) is 0 Å². The van der Waals surface area contributed by atoms with E-state index in [9.17, 15) is 4.79 Å². The van der Waals surface area contributed by atoms with Crippen LogP contribution >= 0.6 is 11.8 Å². The summed E-state index contributed by atoms with van der Waals surface area (Å²) in [6.07, 6.45) is 5.94. The summed E-state index contributed by atoms with van der Waals surface area (Å²) >= 11 is 1.59. The molecule has 0 aromatic heterocycles. The van der Waals surface area contributed by atoms with Gasteiger partial charge in [0.2, 0.25) is 5.78 Å². The summed E-state index contributed by atoms with van der Waals surface area (Å²) in [5.41, 5.74) is 0. The molecule has 0 unspecified atom stereocenters. The molecule has 0 amide bonds. The van der Waals surface area contributed by atoms with Crippen LogP contribution in [0.1, 0.15) is 13.3 Å². The Morgan fingerprint density at radius 1 is 1.78 bits per heavy atom. The minimum atomic E-state index is -0.103. The van der Waals surface area contributed by atoms with Crippen LogP contribution in [0, 0.1) is 12.3 Å². The van der Waals surface area contributed by atoms with Gasteiger partial charge >= 0.3 is 0 Å². The molecule has 9 heavy (non-hydrogen) atoms. The van der Waals surface area contributed by atoms with Crippen LogP contribution in [0.5, 0.6) is 0 Å². The van der Waals surface area contributed by atoms with Gasteiger partial charge in [-0.3, -0.25) is 4.79 Å². The van der Waals surface area contributed by atoms with Gasteiger partial charge in [0.25, 0.3) is 0 Å². The first kappa shape index (κ1) is 8.58. The van der Waals surface area contributed by atoms with Crippen LogP contribution in [-0.2, 0) is 4.79 Å². The molecular formula is C7H10OS. The fraction of sp³-hybridized carbons (Fsp3) is 0.571. The summed E-state index contributed by atoms with van der Waals surface area (Å²) in [6, 6.07) is 0. The number of carbonyl (C=O) groups excluding carboxylic acids is 1. The van der Waals surface area contributed by atoms with Crippen molar-refractivity contribution in [2.75, 3.05) is 11.5 Å². The third-order valence-electron chi connectivity index (χ3n) is 0.743. The average Bonchev–Trinajstić information content (AvgIpc) is 1.89. The Morgan fingerprint density at radius 2 is 2.44 bits per heavy atom. The molecule has 0 aromatic rings. The van der Waals surface area contributed by atoms with Gasteiger partial charge in [0.15, 0.2) is 0 Å². The normalized spacial score (nSPS) is 8.44. The first-order chi connectivity index (χ1) is 4.31. The predicted octanol–water partition coefficient (Wildman–Crippen LogP) is 1.33. The van der Waals surface area contributed by atoms with Crippen LogP contribution in [0.4, 0.5) is 0 Å². The quantitative estimate of drug-likeness (QED) is 0.334. The van der Waals surface area contributed by atoms with Gasteiger partial charge in [0, 0.05) is 0 Å². The van der Waals surface area contributed by atoms with Crippen LogP contribution in [0.2, 0.25) is 0 Å². The zero-order valence-electron chi connectivity index (χ0n) is 5.52. The molecular weight excluding hydrogens is 132 g/mol. The van der Waals surface area contributed by atoms with E-state index in [4.69, 9.17) is 6.42 Å². The summed E-state index contributed by atoms with van der Waals surface area (Å²) in [5, 5.41) is 0. The average molecular weight is 142 g/mol. The van der Waals surface area contributed by atoms with Crippen LogP contribution in [0.3, 0.4) is 0 Å². The van der Waals surface area contributed by atoms with Crippen LogP contribution < -0.4 is 0 Å². The van der Waals surface area contributed by atoms with Gasteiger partial charge in [-0.25, -0.2) is 0 Å². The van der Waals surface area contributed by atoms with Crippen molar-refractivity contribution in [3.05, 3.63) is 0 Å². The first-order valence-corrected chi connectivity index (χ1v) is 4.04. The van der Waals surface area contributed by atoms with E-state index >= 15 is 0 Å². The van der Waals surface area contributed by atoms with Crippen LogP contribution in [0.15, 0.2) is 0 Å². The monoisotopic (exact) mass is 142 g/mol. The van der Waals surface area contributed by atoms with E-state index in [1.54, 1.807) is 11.8 Å². The molecule has 0 bridgehead atoms. The second-order valence-corrected chi connectivity index (χ2v) is 2.73. The summed E-state index contributed by atoms with van der Waals surface area (Å²) in [4.78, 5) is 10.4. The van der Waals surface area contributed by atoms with Gasteiger partial charge in [-0.1, -0.05) is 6.92 Å². The van der Waals surface area contributed by atoms with Crippen molar-refractivity contribution in [2.24, 2.45) is 0 Å². The van der Waals surface area contributed by atoms with Crippen molar-refractivity contribution < 1.29 is 4.79 Å². The van der Waals surface area contributed by atoms with Gasteiger partial charge in [-0.05, 0) is 18.1 Å². The lowest BCUT2D eigenvalue weighted by Crippen LogP contribution is -1.96. The molecule has 0 radical (unpaired) electrons. The topological polar surface area (TPSA) is 17.1 Å². The van der Waals surface area contributed by atoms with Crippen molar-refractivity contribution in [3.63, 3.8) is 0 Å². The van der Waals surface area contributed by atoms with E-state index in [-0.39, 0.29) is 5.78 Å². The molecule has 0 aromatic carbocycles. The van der Waals surface area contributed by atoms with Crippen molar-refractivity contribution in [2.45, 2.75) is 13.3 Å². The van der Waals surface area contributed by atoms with Gasteiger partial charge in [-0.2, -0.15) is 11.8 Å². The molecule has 0 rings (SSSR count). The largest absolute Gasteiger partial charge is 0.284 e. The lowest BCUT2D eigenvalue weighted by Gasteiger charge is -1.90. The van der Waals surface area contributed by atoms with E-state index in [2.05, 4.69) is 12.8 Å². The molecule has 0 aliphatic rings. The second kappa shape index (κ2) is 5.71. The molecule has 2 heteroatoms. The van der Waals surface area contributed by atoms with E-state index in [1.165, 1.54) is 0 Å². The van der Waals surface area contributed by atoms with E-state index in [0.717, 1.165) is 12.2 Å². The number of thioether (sulfide) groups is 1. The van der Waals surface area contributed by atoms with Crippen molar-refractivity contribution in [1.29, 1.82) is 0 Å². The molecule has 0 heterocycles. The minimum absolute atomic E-state index is 0.103. The molecule has 0 atom stereocenters. The maximum Gasteiger partial charge on any atom is 0.215 e. The number of rotatable bonds is 4. The minimum Gasteiger partial charge on any atom is -0.284 e. The lowest BCUT2D eigenvalue weighted by molar-refractivity contribution is -0.111. The molecule has 0 aliphatic carbocycles. The highest BCUT2D eigenvalue weighted by molar-refractivity contribution is 7.99. The summed E-state index contributed by atoms with van der Waals surface area (Å²) < 4.78 is 0. The third-order valence-corrected chi connectivity index (χ3v) is 1.91. The van der Waals surface area contributed by atoms with Gasteiger partial charge in [-0.15, -0.1) is 6.42 Å². The number of Topliss-reactive ketones (excluding diaryl/α,β-unsaturated/α-hetero) is 1. The lowest BCUT2D eigenvalue weighted by atomic mass is 10.5. The zero-order chi connectivity index (χ0) is 7.11. The third kappa shape index (κ3) is 5.45. The van der Waals surface area contributed by atoms with Crippen LogP contribution in [-0.4, -0.2) is 17.3 Å². The fourth-order valence-electron chi connectivity index (χ4n) is 0.351. The molecule has 0 saturated heterocycles. The predicted molar refractivity (Wildman–Crippen MR) is 41.5 cm³/mol. The molecule has 1 nitrogen and oxygen atoms in total. The number of ketones is 1. The van der Waals surface area contributed by atoms with E-state index in [1.807, 2.05) is 0 Å². The van der Waals surface area contributed by atoms with E-state index < -0.39 is 0 Å². The number of carbonyl (C=O) groups is 1. The Bertz CT molecular complexity index is 123. The summed E-state index contributed by atoms with van der Waals surface area (Å²) in [7, 11) is 0. The maximum absolute atomic E-state index is 10.4. The Hall–Kier alpha value is -0.420. The second-order valence-electron chi connectivity index (χ2n) is 1.62. The molecule has 50 valence electrons. The van der Waals surface area contributed by atoms with Gasteiger partial charge < -0.3 is 0 Å². The molecule has 0 saturated carbocycles. The fourth-order valence-corrected chi connectivity index (χ4v) is 1.05. The smallest absolute Gasteiger partial charge is 0.215 e. The number of hydrogen-bond acceptors (Lipinski definition) is 2. The SMILES string of the molecule is C#CC(=O)CSCCC. The number of hydrogen-bond donors (Lipinski definition) is 0. The zero-order valence-corrected chi connectivity index (χ0v) is 6.33. The highest BCUT2D eigenvalue weighted by Crippen LogP contribution is 2.00. The molecule has 0 N–H and O–H groups in total. The van der Waals surface area contributed by atoms with Gasteiger partial charge in [0.05, 0.1) is 5.75 Å². The highest BCUT2D eigenvalue weighted by Gasteiger charge is 1.93. The Kier molecular flexibility index (Phi) is 5.45. The number of terminal acetylenes is 1. The molecule has 0 fully saturated rings. The summed E-state index contributed by atoms with van der Waals surface area (Å²) in [6.45, 7) is 2.08. The van der Waals surface area contributed by atoms with Crippen LogP contribution in [0.25, 0.3) is 0 Å². The van der Waals surface area contributed by atoms with Gasteiger partial charge in [0.1, 0.15) is 0 Å². The Labute approximate surface area is 60.2 Å².